The lowest BCUT2D eigenvalue weighted by molar-refractivity contribution is 0.491. The van der Waals surface area contributed by atoms with Gasteiger partial charge in [-0.1, -0.05) is 29.8 Å². The van der Waals surface area contributed by atoms with Crippen molar-refractivity contribution in [3.8, 4) is 0 Å². The quantitative estimate of drug-likeness (QED) is 0.790. The lowest BCUT2D eigenvalue weighted by Crippen LogP contribution is -2.36. The number of aryl methyl sites for hydroxylation is 1. The maximum atomic E-state index is 5.22. The second-order valence-corrected chi connectivity index (χ2v) is 4.07. The van der Waals surface area contributed by atoms with Gasteiger partial charge in [-0.15, -0.1) is 0 Å². The van der Waals surface area contributed by atoms with Crippen LogP contribution >= 0.6 is 12.2 Å². The third kappa shape index (κ3) is 3.88. The van der Waals surface area contributed by atoms with Crippen LogP contribution in [0.25, 0.3) is 0 Å². The molecule has 0 unspecified atom stereocenters. The van der Waals surface area contributed by atoms with E-state index in [4.69, 9.17) is 12.2 Å². The predicted molar refractivity (Wildman–Crippen MR) is 68.9 cm³/mol. The van der Waals surface area contributed by atoms with Gasteiger partial charge >= 0.3 is 0 Å². The minimum atomic E-state index is 0.805. The standard InChI is InChI=1S/C12H18N2S/c1-4-13-12(15)14(3)9-11-7-5-6-10(2)8-11/h5-8H,4,9H2,1-3H3,(H,13,15). The summed E-state index contributed by atoms with van der Waals surface area (Å²) in [5, 5.41) is 3.94. The molecule has 15 heavy (non-hydrogen) atoms. The molecule has 1 aromatic rings. The molecular formula is C12H18N2S. The molecule has 1 N–H and O–H groups in total. The van der Waals surface area contributed by atoms with Crippen molar-refractivity contribution in [2.45, 2.75) is 20.4 Å². The molecule has 0 aliphatic carbocycles. The molecule has 0 aliphatic rings. The predicted octanol–water partition coefficient (Wildman–Crippen LogP) is 2.32. The average Bonchev–Trinajstić information content (AvgIpc) is 2.18. The lowest BCUT2D eigenvalue weighted by atomic mass is 10.1. The number of nitrogens with zero attached hydrogens (tertiary/aromatic N) is 1. The van der Waals surface area contributed by atoms with E-state index >= 15 is 0 Å². The van der Waals surface area contributed by atoms with Gasteiger partial charge in [-0.25, -0.2) is 0 Å². The van der Waals surface area contributed by atoms with Crippen molar-refractivity contribution < 1.29 is 0 Å². The van der Waals surface area contributed by atoms with Crippen molar-refractivity contribution in [2.24, 2.45) is 0 Å². The SMILES string of the molecule is CCNC(=S)N(C)Cc1cccc(C)c1. The zero-order valence-electron chi connectivity index (χ0n) is 9.58. The van der Waals surface area contributed by atoms with Crippen molar-refractivity contribution in [1.82, 2.24) is 10.2 Å². The number of nitrogens with one attached hydrogen (secondary N) is 1. The van der Waals surface area contributed by atoms with Gasteiger partial charge in [-0.2, -0.15) is 0 Å². The molecule has 3 heteroatoms. The molecule has 1 rings (SSSR count). The zero-order chi connectivity index (χ0) is 11.3. The van der Waals surface area contributed by atoms with Crippen LogP contribution in [0.2, 0.25) is 0 Å². The Kier molecular flexibility index (Phi) is 4.56. The fourth-order valence-electron chi connectivity index (χ4n) is 1.44. The van der Waals surface area contributed by atoms with Crippen LogP contribution in [-0.2, 0) is 6.54 Å². The summed E-state index contributed by atoms with van der Waals surface area (Å²) in [4.78, 5) is 2.05. The summed E-state index contributed by atoms with van der Waals surface area (Å²) in [5.74, 6) is 0. The Balaban J connectivity index is 2.58. The van der Waals surface area contributed by atoms with Gasteiger partial charge in [-0.05, 0) is 31.6 Å². The first-order valence-corrected chi connectivity index (χ1v) is 5.59. The number of thiocarbonyl (C=S) groups is 1. The summed E-state index contributed by atoms with van der Waals surface area (Å²) in [6, 6.07) is 8.49. The highest BCUT2D eigenvalue weighted by atomic mass is 32.1. The van der Waals surface area contributed by atoms with Crippen LogP contribution in [0.4, 0.5) is 0 Å². The molecule has 0 amide bonds. The van der Waals surface area contributed by atoms with Crippen LogP contribution in [0, 0.1) is 6.92 Å². The van der Waals surface area contributed by atoms with Gasteiger partial charge in [0, 0.05) is 20.1 Å². The topological polar surface area (TPSA) is 15.3 Å². The Bertz CT molecular complexity index is 336. The molecule has 0 saturated carbocycles. The molecule has 82 valence electrons. The fourth-order valence-corrected chi connectivity index (χ4v) is 1.65. The summed E-state index contributed by atoms with van der Waals surface area (Å²) in [6.07, 6.45) is 0. The normalized spacial score (nSPS) is 9.80. The second kappa shape index (κ2) is 5.71. The average molecular weight is 222 g/mol. The zero-order valence-corrected chi connectivity index (χ0v) is 10.4. The smallest absolute Gasteiger partial charge is 0.168 e. The Labute approximate surface area is 97.3 Å². The van der Waals surface area contributed by atoms with Crippen LogP contribution < -0.4 is 5.32 Å². The van der Waals surface area contributed by atoms with Crippen LogP contribution in [0.1, 0.15) is 18.1 Å². The second-order valence-electron chi connectivity index (χ2n) is 3.68. The molecule has 0 radical (unpaired) electrons. The van der Waals surface area contributed by atoms with Gasteiger partial charge in [0.1, 0.15) is 0 Å². The lowest BCUT2D eigenvalue weighted by Gasteiger charge is -2.20. The van der Waals surface area contributed by atoms with Gasteiger partial charge in [0.15, 0.2) is 5.11 Å². The van der Waals surface area contributed by atoms with E-state index < -0.39 is 0 Å². The number of hydrogen-bond donors (Lipinski definition) is 1. The molecule has 0 spiro atoms. The van der Waals surface area contributed by atoms with Gasteiger partial charge in [-0.3, -0.25) is 0 Å². The summed E-state index contributed by atoms with van der Waals surface area (Å²) < 4.78 is 0. The third-order valence-corrected chi connectivity index (χ3v) is 2.63. The Morgan fingerprint density at radius 2 is 2.20 bits per heavy atom. The molecule has 1 aromatic carbocycles. The van der Waals surface area contributed by atoms with E-state index in [1.54, 1.807) is 0 Å². The Morgan fingerprint density at radius 1 is 1.47 bits per heavy atom. The highest BCUT2D eigenvalue weighted by Gasteiger charge is 2.03. The van der Waals surface area contributed by atoms with Gasteiger partial charge in [0.25, 0.3) is 0 Å². The highest BCUT2D eigenvalue weighted by molar-refractivity contribution is 7.80. The summed E-state index contributed by atoms with van der Waals surface area (Å²) >= 11 is 5.22. The van der Waals surface area contributed by atoms with E-state index in [0.29, 0.717) is 0 Å². The van der Waals surface area contributed by atoms with Gasteiger partial charge in [0.05, 0.1) is 0 Å². The molecule has 0 atom stereocenters. The van der Waals surface area contributed by atoms with E-state index in [0.717, 1.165) is 18.2 Å². The maximum Gasteiger partial charge on any atom is 0.168 e. The minimum Gasteiger partial charge on any atom is -0.363 e. The monoisotopic (exact) mass is 222 g/mol. The Morgan fingerprint density at radius 3 is 2.80 bits per heavy atom. The van der Waals surface area contributed by atoms with Crippen molar-refractivity contribution in [1.29, 1.82) is 0 Å². The molecule has 0 aromatic heterocycles. The van der Waals surface area contributed by atoms with E-state index in [-0.39, 0.29) is 0 Å². The molecule has 0 fully saturated rings. The van der Waals surface area contributed by atoms with Crippen molar-refractivity contribution in [2.75, 3.05) is 13.6 Å². The number of benzene rings is 1. The summed E-state index contributed by atoms with van der Waals surface area (Å²) in [5.41, 5.74) is 2.58. The summed E-state index contributed by atoms with van der Waals surface area (Å²) in [6.45, 7) is 5.88. The third-order valence-electron chi connectivity index (χ3n) is 2.18. The van der Waals surface area contributed by atoms with E-state index in [9.17, 15) is 0 Å². The Hall–Kier alpha value is -1.09. The first-order chi connectivity index (χ1) is 7.13. The molecule has 2 nitrogen and oxygen atoms in total. The van der Waals surface area contributed by atoms with E-state index in [1.807, 2.05) is 18.9 Å². The highest BCUT2D eigenvalue weighted by Crippen LogP contribution is 2.06. The van der Waals surface area contributed by atoms with Gasteiger partial charge in [0.2, 0.25) is 0 Å². The first-order valence-electron chi connectivity index (χ1n) is 5.18. The molecule has 0 saturated heterocycles. The number of rotatable bonds is 3. The van der Waals surface area contributed by atoms with Crippen LogP contribution in [0.15, 0.2) is 24.3 Å². The van der Waals surface area contributed by atoms with Crippen molar-refractivity contribution in [3.63, 3.8) is 0 Å². The molecule has 0 heterocycles. The fraction of sp³-hybridized carbons (Fsp3) is 0.417. The molecular weight excluding hydrogens is 204 g/mol. The van der Waals surface area contributed by atoms with Crippen LogP contribution in [-0.4, -0.2) is 23.6 Å². The van der Waals surface area contributed by atoms with E-state index in [2.05, 4.69) is 36.5 Å². The largest absolute Gasteiger partial charge is 0.363 e. The van der Waals surface area contributed by atoms with Crippen molar-refractivity contribution in [3.05, 3.63) is 35.4 Å². The van der Waals surface area contributed by atoms with Crippen LogP contribution in [0.5, 0.6) is 0 Å². The maximum absolute atomic E-state index is 5.22. The van der Waals surface area contributed by atoms with Crippen LogP contribution in [0.3, 0.4) is 0 Å². The van der Waals surface area contributed by atoms with Gasteiger partial charge < -0.3 is 10.2 Å². The van der Waals surface area contributed by atoms with Crippen molar-refractivity contribution >= 4 is 17.3 Å². The minimum absolute atomic E-state index is 0.805. The molecule has 0 bridgehead atoms. The number of hydrogen-bond acceptors (Lipinski definition) is 1. The first kappa shape index (κ1) is 12.0. The summed E-state index contributed by atoms with van der Waals surface area (Å²) in [7, 11) is 2.01. The van der Waals surface area contributed by atoms with E-state index in [1.165, 1.54) is 11.1 Å². The molecule has 0 aliphatic heterocycles.